The predicted octanol–water partition coefficient (Wildman–Crippen LogP) is 1.62. The molecule has 1 aromatic heterocycles. The summed E-state index contributed by atoms with van der Waals surface area (Å²) in [5.74, 6) is -0.915. The topological polar surface area (TPSA) is 104 Å². The Balaban J connectivity index is 1.46. The van der Waals surface area contributed by atoms with Gasteiger partial charge in [0.2, 0.25) is 11.8 Å². The lowest BCUT2D eigenvalue weighted by atomic mass is 10.1. The molecule has 1 atom stereocenters. The van der Waals surface area contributed by atoms with Gasteiger partial charge in [-0.2, -0.15) is 0 Å². The minimum Gasteiger partial charge on any atom is -0.467 e. The van der Waals surface area contributed by atoms with Crippen LogP contribution in [0.25, 0.3) is 0 Å². The molecule has 10 heteroatoms. The molecule has 0 aliphatic carbocycles. The molecule has 1 aliphatic heterocycles. The van der Waals surface area contributed by atoms with E-state index in [4.69, 9.17) is 28.2 Å². The van der Waals surface area contributed by atoms with Gasteiger partial charge in [0, 0.05) is 13.0 Å². The molecular formula is C18H17ClN4O4S. The Morgan fingerprint density at radius 1 is 1.21 bits per heavy atom. The highest BCUT2D eigenvalue weighted by Gasteiger charge is 2.34. The number of hydrogen-bond acceptors (Lipinski definition) is 5. The molecule has 1 aromatic carbocycles. The van der Waals surface area contributed by atoms with E-state index in [0.717, 1.165) is 0 Å². The Bertz CT molecular complexity index is 903. The summed E-state index contributed by atoms with van der Waals surface area (Å²) in [5, 5.41) is 2.62. The zero-order valence-electron chi connectivity index (χ0n) is 14.6. The molecule has 3 rings (SSSR count). The van der Waals surface area contributed by atoms with Crippen LogP contribution in [0.15, 0.2) is 47.1 Å². The summed E-state index contributed by atoms with van der Waals surface area (Å²) in [6, 6.07) is 10.0. The van der Waals surface area contributed by atoms with E-state index in [0.29, 0.717) is 12.3 Å². The lowest BCUT2D eigenvalue weighted by Crippen LogP contribution is -2.50. The van der Waals surface area contributed by atoms with Gasteiger partial charge in [-0.3, -0.25) is 30.6 Å². The first kappa shape index (κ1) is 19.8. The standard InChI is InChI=1S/C18H17ClN4O4S/c19-14-6-2-1-5-13(14)17(26)20-18(28)22-21-16(25)11-8-15(24)23(9-11)10-12-4-3-7-27-12/h1-7,11H,8-10H2,(H,21,25)(H2,20,22,26,28). The number of benzene rings is 1. The average Bonchev–Trinajstić information content (AvgIpc) is 3.30. The maximum atomic E-state index is 12.3. The van der Waals surface area contributed by atoms with Gasteiger partial charge in [-0.25, -0.2) is 0 Å². The molecule has 1 aliphatic rings. The third kappa shape index (κ3) is 4.87. The number of halogens is 1. The lowest BCUT2D eigenvalue weighted by Gasteiger charge is -2.16. The van der Waals surface area contributed by atoms with Crippen molar-refractivity contribution in [3.05, 3.63) is 59.0 Å². The van der Waals surface area contributed by atoms with Crippen molar-refractivity contribution >= 4 is 46.7 Å². The molecular weight excluding hydrogens is 404 g/mol. The lowest BCUT2D eigenvalue weighted by molar-refractivity contribution is -0.129. The average molecular weight is 421 g/mol. The van der Waals surface area contributed by atoms with Crippen LogP contribution in [0, 0.1) is 5.92 Å². The molecule has 28 heavy (non-hydrogen) atoms. The van der Waals surface area contributed by atoms with Crippen LogP contribution in [0.1, 0.15) is 22.5 Å². The van der Waals surface area contributed by atoms with Crippen molar-refractivity contribution < 1.29 is 18.8 Å². The Kier molecular flexibility index (Phi) is 6.27. The van der Waals surface area contributed by atoms with Gasteiger partial charge in [-0.15, -0.1) is 0 Å². The van der Waals surface area contributed by atoms with E-state index >= 15 is 0 Å². The maximum absolute atomic E-state index is 12.3. The van der Waals surface area contributed by atoms with E-state index in [1.165, 1.54) is 6.26 Å². The van der Waals surface area contributed by atoms with Crippen molar-refractivity contribution in [1.29, 1.82) is 0 Å². The molecule has 1 fully saturated rings. The molecule has 0 saturated carbocycles. The second-order valence-electron chi connectivity index (χ2n) is 6.13. The van der Waals surface area contributed by atoms with Crippen LogP contribution >= 0.6 is 23.8 Å². The molecule has 0 radical (unpaired) electrons. The highest BCUT2D eigenvalue weighted by molar-refractivity contribution is 7.80. The molecule has 8 nitrogen and oxygen atoms in total. The SMILES string of the molecule is O=C(NC(=S)NNC(=O)C1CC(=O)N(Cc2ccco2)C1)c1ccccc1Cl. The first-order chi connectivity index (χ1) is 13.4. The van der Waals surface area contributed by atoms with E-state index in [2.05, 4.69) is 16.2 Å². The Labute approximate surface area is 171 Å². The summed E-state index contributed by atoms with van der Waals surface area (Å²) in [7, 11) is 0. The molecule has 0 spiro atoms. The summed E-state index contributed by atoms with van der Waals surface area (Å²) in [5.41, 5.74) is 5.14. The minimum absolute atomic E-state index is 0.0879. The van der Waals surface area contributed by atoms with E-state index in [1.807, 2.05) is 0 Å². The number of hydrogen-bond donors (Lipinski definition) is 3. The van der Waals surface area contributed by atoms with Crippen LogP contribution in [-0.2, 0) is 16.1 Å². The van der Waals surface area contributed by atoms with Crippen LogP contribution in [0.3, 0.4) is 0 Å². The van der Waals surface area contributed by atoms with Gasteiger partial charge in [0.25, 0.3) is 5.91 Å². The van der Waals surface area contributed by atoms with E-state index in [1.54, 1.807) is 41.3 Å². The Hall–Kier alpha value is -2.91. The number of likely N-dealkylation sites (tertiary alicyclic amines) is 1. The second kappa shape index (κ2) is 8.85. The first-order valence-electron chi connectivity index (χ1n) is 8.40. The number of carbonyl (C=O) groups is 3. The number of hydrazine groups is 1. The van der Waals surface area contributed by atoms with Gasteiger partial charge in [0.15, 0.2) is 5.11 Å². The molecule has 2 aromatic rings. The fraction of sp³-hybridized carbons (Fsp3) is 0.222. The van der Waals surface area contributed by atoms with E-state index in [-0.39, 0.29) is 34.6 Å². The number of carbonyl (C=O) groups excluding carboxylic acids is 3. The van der Waals surface area contributed by atoms with Gasteiger partial charge < -0.3 is 9.32 Å². The van der Waals surface area contributed by atoms with Crippen molar-refractivity contribution in [1.82, 2.24) is 21.1 Å². The Morgan fingerprint density at radius 2 is 2.00 bits per heavy atom. The van der Waals surface area contributed by atoms with Crippen molar-refractivity contribution in [3.63, 3.8) is 0 Å². The van der Waals surface area contributed by atoms with Crippen LogP contribution in [0.4, 0.5) is 0 Å². The second-order valence-corrected chi connectivity index (χ2v) is 6.95. The number of rotatable bonds is 4. The molecule has 146 valence electrons. The van der Waals surface area contributed by atoms with Gasteiger partial charge in [-0.05, 0) is 36.5 Å². The summed E-state index contributed by atoms with van der Waals surface area (Å²) in [4.78, 5) is 38.0. The van der Waals surface area contributed by atoms with Crippen molar-refractivity contribution in [2.24, 2.45) is 5.92 Å². The number of thiocarbonyl (C=S) groups is 1. The normalized spacial score (nSPS) is 16.0. The number of nitrogens with one attached hydrogen (secondary N) is 3. The van der Waals surface area contributed by atoms with Gasteiger partial charge in [0.05, 0.1) is 29.3 Å². The molecule has 2 heterocycles. The Morgan fingerprint density at radius 3 is 2.71 bits per heavy atom. The summed E-state index contributed by atoms with van der Waals surface area (Å²) in [6.07, 6.45) is 1.62. The monoisotopic (exact) mass is 420 g/mol. The van der Waals surface area contributed by atoms with E-state index < -0.39 is 17.7 Å². The van der Waals surface area contributed by atoms with Crippen LogP contribution in [0.5, 0.6) is 0 Å². The molecule has 3 amide bonds. The third-order valence-corrected chi connectivity index (χ3v) is 4.69. The number of furan rings is 1. The fourth-order valence-electron chi connectivity index (χ4n) is 2.76. The maximum Gasteiger partial charge on any atom is 0.258 e. The van der Waals surface area contributed by atoms with Gasteiger partial charge in [0.1, 0.15) is 5.76 Å². The van der Waals surface area contributed by atoms with Gasteiger partial charge >= 0.3 is 0 Å². The summed E-state index contributed by atoms with van der Waals surface area (Å²) >= 11 is 11.0. The highest BCUT2D eigenvalue weighted by atomic mass is 35.5. The van der Waals surface area contributed by atoms with Crippen LogP contribution in [0.2, 0.25) is 5.02 Å². The largest absolute Gasteiger partial charge is 0.467 e. The zero-order chi connectivity index (χ0) is 20.1. The smallest absolute Gasteiger partial charge is 0.258 e. The van der Waals surface area contributed by atoms with Crippen LogP contribution in [-0.4, -0.2) is 34.3 Å². The quantitative estimate of drug-likeness (QED) is 0.513. The summed E-state index contributed by atoms with van der Waals surface area (Å²) in [6.45, 7) is 0.584. The molecule has 0 bridgehead atoms. The molecule has 1 unspecified atom stereocenters. The van der Waals surface area contributed by atoms with Crippen molar-refractivity contribution in [2.75, 3.05) is 6.54 Å². The predicted molar refractivity (Wildman–Crippen MR) is 105 cm³/mol. The highest BCUT2D eigenvalue weighted by Crippen LogP contribution is 2.20. The molecule has 3 N–H and O–H groups in total. The zero-order valence-corrected chi connectivity index (χ0v) is 16.2. The number of nitrogens with zero attached hydrogens (tertiary/aromatic N) is 1. The fourth-order valence-corrected chi connectivity index (χ4v) is 3.12. The van der Waals surface area contributed by atoms with E-state index in [9.17, 15) is 14.4 Å². The first-order valence-corrected chi connectivity index (χ1v) is 9.18. The van der Waals surface area contributed by atoms with Crippen molar-refractivity contribution in [2.45, 2.75) is 13.0 Å². The van der Waals surface area contributed by atoms with Crippen molar-refractivity contribution in [3.8, 4) is 0 Å². The summed E-state index contributed by atoms with van der Waals surface area (Å²) < 4.78 is 5.23. The van der Waals surface area contributed by atoms with Gasteiger partial charge in [-0.1, -0.05) is 23.7 Å². The number of amides is 3. The molecule has 1 saturated heterocycles. The van der Waals surface area contributed by atoms with Crippen LogP contribution < -0.4 is 16.2 Å². The minimum atomic E-state index is -0.531. The third-order valence-electron chi connectivity index (χ3n) is 4.16.